The Morgan fingerprint density at radius 1 is 1.21 bits per heavy atom. The molecule has 0 aromatic heterocycles. The molecule has 1 unspecified atom stereocenters. The van der Waals surface area contributed by atoms with Crippen molar-refractivity contribution in [1.29, 1.82) is 0 Å². The van der Waals surface area contributed by atoms with E-state index in [0.717, 1.165) is 41.8 Å². The monoisotopic (exact) mass is 454 g/mol. The Morgan fingerprint density at radius 3 is 2.48 bits per heavy atom. The summed E-state index contributed by atoms with van der Waals surface area (Å²) in [7, 11) is 0. The molecule has 33 heavy (non-hydrogen) atoms. The average molecular weight is 455 g/mol. The number of aliphatic imine (C=N–C) groups is 1. The maximum Gasteiger partial charge on any atom is 0.269 e. The largest absolute Gasteiger partial charge is 0.342 e. The van der Waals surface area contributed by atoms with Crippen LogP contribution in [-0.2, 0) is 14.4 Å². The molecule has 1 atom stereocenters. The Balaban J connectivity index is 1.88. The second kappa shape index (κ2) is 9.65. The molecule has 7 heteroatoms. The second-order valence-corrected chi connectivity index (χ2v) is 10.9. The van der Waals surface area contributed by atoms with Gasteiger partial charge in [-0.2, -0.15) is 0 Å². The highest BCUT2D eigenvalue weighted by molar-refractivity contribution is 6.15. The van der Waals surface area contributed by atoms with E-state index in [-0.39, 0.29) is 23.1 Å². The zero-order valence-electron chi connectivity index (χ0n) is 20.8. The fourth-order valence-electron chi connectivity index (χ4n) is 4.57. The number of nitrogens with one attached hydrogen (secondary N) is 3. The maximum atomic E-state index is 13.5. The van der Waals surface area contributed by atoms with Gasteiger partial charge in [0.2, 0.25) is 18.0 Å². The number of amides is 3. The second-order valence-electron chi connectivity index (χ2n) is 10.9. The van der Waals surface area contributed by atoms with Crippen molar-refractivity contribution in [2.75, 3.05) is 5.32 Å². The predicted molar refractivity (Wildman–Crippen MR) is 131 cm³/mol. The van der Waals surface area contributed by atoms with Gasteiger partial charge in [0.05, 0.1) is 11.4 Å². The molecule has 1 fully saturated rings. The van der Waals surface area contributed by atoms with Crippen molar-refractivity contribution in [2.24, 2.45) is 16.3 Å². The lowest BCUT2D eigenvalue weighted by Gasteiger charge is -2.30. The summed E-state index contributed by atoms with van der Waals surface area (Å²) in [5, 5.41) is 8.84. The summed E-state index contributed by atoms with van der Waals surface area (Å²) >= 11 is 0. The average Bonchev–Trinajstić information content (AvgIpc) is 3.14. The van der Waals surface area contributed by atoms with Gasteiger partial charge in [-0.05, 0) is 37.7 Å². The number of carbonyl (C=O) groups excluding carboxylic acids is 3. The molecule has 1 aliphatic carbocycles. The molecule has 1 aromatic rings. The smallest absolute Gasteiger partial charge is 0.269 e. The summed E-state index contributed by atoms with van der Waals surface area (Å²) in [6, 6.07) is 5.84. The number of nitrogens with zero attached hydrogens (tertiary/aromatic N) is 1. The molecular weight excluding hydrogens is 416 g/mol. The molecule has 0 radical (unpaired) electrons. The lowest BCUT2D eigenvalue weighted by atomic mass is 9.84. The number of anilines is 1. The third-order valence-electron chi connectivity index (χ3n) is 6.48. The van der Waals surface area contributed by atoms with Gasteiger partial charge < -0.3 is 16.0 Å². The lowest BCUT2D eigenvalue weighted by molar-refractivity contribution is -0.135. The molecular formula is C26H38N4O3. The Hall–Kier alpha value is -2.70. The van der Waals surface area contributed by atoms with E-state index < -0.39 is 11.7 Å². The van der Waals surface area contributed by atoms with Gasteiger partial charge in [0.25, 0.3) is 5.91 Å². The molecule has 1 heterocycles. The van der Waals surface area contributed by atoms with Crippen molar-refractivity contribution in [3.63, 3.8) is 0 Å². The predicted octanol–water partition coefficient (Wildman–Crippen LogP) is 4.09. The van der Waals surface area contributed by atoms with Crippen molar-refractivity contribution < 1.29 is 14.4 Å². The zero-order chi connectivity index (χ0) is 24.4. The van der Waals surface area contributed by atoms with Gasteiger partial charge in [-0.3, -0.25) is 19.4 Å². The number of benzene rings is 1. The summed E-state index contributed by atoms with van der Waals surface area (Å²) in [5.74, 6) is -0.419. The van der Waals surface area contributed by atoms with Crippen LogP contribution >= 0.6 is 0 Å². The van der Waals surface area contributed by atoms with Crippen LogP contribution in [0, 0.1) is 18.3 Å². The van der Waals surface area contributed by atoms with Gasteiger partial charge in [-0.25, -0.2) is 0 Å². The third-order valence-corrected chi connectivity index (χ3v) is 6.48. The lowest BCUT2D eigenvalue weighted by Crippen LogP contribution is -2.60. The third kappa shape index (κ3) is 5.63. The van der Waals surface area contributed by atoms with Crippen LogP contribution in [0.2, 0.25) is 0 Å². The first kappa shape index (κ1) is 24.9. The minimum absolute atomic E-state index is 0.118. The van der Waals surface area contributed by atoms with Crippen LogP contribution in [0.3, 0.4) is 0 Å². The number of benzodiazepines with no additional fused rings is 1. The van der Waals surface area contributed by atoms with Gasteiger partial charge in [-0.15, -0.1) is 0 Å². The SMILES string of the molecule is Cc1cccc2c1NC(=O)C(NC(=O)C1(NC(=O)CCC(C)C)CCCC1)N=C2C(C)(C)C. The molecule has 3 N–H and O–H groups in total. The number of aryl methyl sites for hydroxylation is 1. The van der Waals surface area contributed by atoms with Crippen molar-refractivity contribution in [1.82, 2.24) is 10.6 Å². The molecule has 0 spiro atoms. The van der Waals surface area contributed by atoms with Crippen LogP contribution in [0.1, 0.15) is 84.3 Å². The van der Waals surface area contributed by atoms with Gasteiger partial charge in [0.1, 0.15) is 5.54 Å². The molecule has 0 saturated heterocycles. The van der Waals surface area contributed by atoms with Gasteiger partial charge in [0, 0.05) is 17.4 Å². The molecule has 2 aliphatic rings. The van der Waals surface area contributed by atoms with Crippen LogP contribution in [0.25, 0.3) is 0 Å². The first-order valence-corrected chi connectivity index (χ1v) is 12.0. The van der Waals surface area contributed by atoms with Crippen LogP contribution in [0.5, 0.6) is 0 Å². The Kier molecular flexibility index (Phi) is 7.29. The van der Waals surface area contributed by atoms with Gasteiger partial charge in [0.15, 0.2) is 0 Å². The van der Waals surface area contributed by atoms with Crippen molar-refractivity contribution in [2.45, 2.75) is 91.8 Å². The van der Waals surface area contributed by atoms with Crippen molar-refractivity contribution in [3.8, 4) is 0 Å². The Morgan fingerprint density at radius 2 is 1.88 bits per heavy atom. The first-order valence-electron chi connectivity index (χ1n) is 12.0. The molecule has 1 saturated carbocycles. The number of carbonyl (C=O) groups is 3. The summed E-state index contributed by atoms with van der Waals surface area (Å²) < 4.78 is 0. The zero-order valence-corrected chi connectivity index (χ0v) is 20.8. The molecule has 3 rings (SSSR count). The normalized spacial score (nSPS) is 19.9. The summed E-state index contributed by atoms with van der Waals surface area (Å²) in [4.78, 5) is 44.0. The number of fused-ring (bicyclic) bond motifs is 1. The number of hydrogen-bond donors (Lipinski definition) is 3. The van der Waals surface area contributed by atoms with E-state index in [2.05, 4.69) is 29.8 Å². The minimum atomic E-state index is -1.07. The van der Waals surface area contributed by atoms with Crippen LogP contribution in [0.4, 0.5) is 5.69 Å². The fraction of sp³-hybridized carbons (Fsp3) is 0.615. The molecule has 1 aromatic carbocycles. The summed E-state index contributed by atoms with van der Waals surface area (Å²) in [6.45, 7) is 12.2. The summed E-state index contributed by atoms with van der Waals surface area (Å²) in [6.07, 6.45) is 2.93. The van der Waals surface area contributed by atoms with E-state index >= 15 is 0 Å². The minimum Gasteiger partial charge on any atom is -0.342 e. The molecule has 180 valence electrons. The number of rotatable bonds is 6. The van der Waals surface area contributed by atoms with Gasteiger partial charge >= 0.3 is 0 Å². The molecule has 7 nitrogen and oxygen atoms in total. The van der Waals surface area contributed by atoms with E-state index in [1.165, 1.54) is 0 Å². The number of para-hydroxylation sites is 1. The fourth-order valence-corrected chi connectivity index (χ4v) is 4.57. The van der Waals surface area contributed by atoms with Crippen molar-refractivity contribution in [3.05, 3.63) is 29.3 Å². The van der Waals surface area contributed by atoms with Gasteiger partial charge in [-0.1, -0.05) is 65.7 Å². The standard InChI is InChI=1S/C26H38N4O3/c1-16(2)12-13-19(31)30-26(14-7-8-15-26)24(33)29-22-23(32)27-20-17(3)10-9-11-18(20)21(28-22)25(4,5)6/h9-11,16,22H,7-8,12-15H2,1-6H3,(H,27,32)(H,29,33)(H,30,31). The van der Waals surface area contributed by atoms with Crippen LogP contribution < -0.4 is 16.0 Å². The Bertz CT molecular complexity index is 953. The highest BCUT2D eigenvalue weighted by Crippen LogP contribution is 2.33. The molecule has 0 bridgehead atoms. The quantitative estimate of drug-likeness (QED) is 0.604. The highest BCUT2D eigenvalue weighted by atomic mass is 16.2. The highest BCUT2D eigenvalue weighted by Gasteiger charge is 2.44. The van der Waals surface area contributed by atoms with Crippen LogP contribution in [-0.4, -0.2) is 35.1 Å². The summed E-state index contributed by atoms with van der Waals surface area (Å²) in [5.41, 5.74) is 1.96. The van der Waals surface area contributed by atoms with E-state index in [1.54, 1.807) is 0 Å². The van der Waals surface area contributed by atoms with E-state index in [4.69, 9.17) is 4.99 Å². The first-order chi connectivity index (χ1) is 15.4. The van der Waals surface area contributed by atoms with Crippen molar-refractivity contribution >= 4 is 29.1 Å². The maximum absolute atomic E-state index is 13.5. The Labute approximate surface area is 197 Å². The van der Waals surface area contributed by atoms with E-state index in [9.17, 15) is 14.4 Å². The molecule has 1 aliphatic heterocycles. The number of hydrogen-bond acceptors (Lipinski definition) is 4. The topological polar surface area (TPSA) is 99.7 Å². The van der Waals surface area contributed by atoms with Crippen LogP contribution in [0.15, 0.2) is 23.2 Å². The van der Waals surface area contributed by atoms with E-state index in [0.29, 0.717) is 25.2 Å². The molecule has 3 amide bonds. The van der Waals surface area contributed by atoms with E-state index in [1.807, 2.05) is 45.9 Å².